The Morgan fingerprint density at radius 3 is 2.18 bits per heavy atom. The molecule has 0 saturated heterocycles. The number of aliphatic hydroxyl groups excluding tert-OH is 1. The van der Waals surface area contributed by atoms with Gasteiger partial charge in [-0.25, -0.2) is 0 Å². The molecule has 0 spiro atoms. The maximum absolute atomic E-state index is 11.9. The number of aliphatic hydroxyl groups is 1. The zero-order valence-corrected chi connectivity index (χ0v) is 9.07. The molecule has 1 atom stereocenters. The fourth-order valence-electron chi connectivity index (χ4n) is 1.89. The molecule has 2 rings (SSSR count). The quantitative estimate of drug-likeness (QED) is 0.885. The minimum Gasteiger partial charge on any atom is -0.406 e. The van der Waals surface area contributed by atoms with Crippen molar-refractivity contribution in [1.82, 2.24) is 0 Å². The van der Waals surface area contributed by atoms with E-state index in [0.717, 1.165) is 19.3 Å². The highest BCUT2D eigenvalue weighted by Crippen LogP contribution is 2.38. The molecule has 1 fully saturated rings. The highest BCUT2D eigenvalue weighted by molar-refractivity contribution is 5.29. The lowest BCUT2D eigenvalue weighted by Gasteiger charge is -2.30. The summed E-state index contributed by atoms with van der Waals surface area (Å²) in [5.74, 6) is -0.0218. The zero-order chi connectivity index (χ0) is 12.5. The van der Waals surface area contributed by atoms with Gasteiger partial charge in [-0.15, -0.1) is 13.2 Å². The molecule has 5 heteroatoms. The van der Waals surface area contributed by atoms with Gasteiger partial charge in [-0.2, -0.15) is 0 Å². The van der Waals surface area contributed by atoms with Gasteiger partial charge in [0.2, 0.25) is 0 Å². The van der Waals surface area contributed by atoms with Gasteiger partial charge in [0.1, 0.15) is 5.75 Å². The molecule has 0 aromatic heterocycles. The number of halogens is 3. The average Bonchev–Trinajstić information content (AvgIpc) is 2.13. The van der Waals surface area contributed by atoms with Crippen molar-refractivity contribution in [3.63, 3.8) is 0 Å². The average molecular weight is 246 g/mol. The molecule has 0 aliphatic heterocycles. The lowest BCUT2D eigenvalue weighted by molar-refractivity contribution is -0.274. The molecule has 17 heavy (non-hydrogen) atoms. The lowest BCUT2D eigenvalue weighted by atomic mass is 9.79. The number of hydrogen-bond donors (Lipinski definition) is 1. The van der Waals surface area contributed by atoms with E-state index in [2.05, 4.69) is 4.74 Å². The summed E-state index contributed by atoms with van der Waals surface area (Å²) in [7, 11) is 0. The van der Waals surface area contributed by atoms with Gasteiger partial charge in [0.15, 0.2) is 0 Å². The van der Waals surface area contributed by atoms with Crippen molar-refractivity contribution in [1.29, 1.82) is 0 Å². The van der Waals surface area contributed by atoms with E-state index in [-0.39, 0.29) is 11.7 Å². The lowest BCUT2D eigenvalue weighted by Crippen LogP contribution is -2.20. The fourth-order valence-corrected chi connectivity index (χ4v) is 1.89. The number of hydrogen-bond acceptors (Lipinski definition) is 2. The molecule has 1 aliphatic carbocycles. The molecule has 1 aliphatic rings. The summed E-state index contributed by atoms with van der Waals surface area (Å²) < 4.78 is 39.5. The van der Waals surface area contributed by atoms with Crippen LogP contribution in [0.2, 0.25) is 0 Å². The van der Waals surface area contributed by atoms with E-state index in [4.69, 9.17) is 0 Å². The Morgan fingerprint density at radius 1 is 1.18 bits per heavy atom. The van der Waals surface area contributed by atoms with Gasteiger partial charge >= 0.3 is 6.36 Å². The van der Waals surface area contributed by atoms with Crippen LogP contribution in [-0.2, 0) is 0 Å². The van der Waals surface area contributed by atoms with Gasteiger partial charge in [0, 0.05) is 0 Å². The third-order valence-electron chi connectivity index (χ3n) is 3.05. The largest absolute Gasteiger partial charge is 0.573 e. The van der Waals surface area contributed by atoms with Crippen LogP contribution in [0.5, 0.6) is 5.75 Å². The van der Waals surface area contributed by atoms with Crippen LogP contribution in [0, 0.1) is 5.92 Å². The molecule has 0 bridgehead atoms. The van der Waals surface area contributed by atoms with Crippen molar-refractivity contribution in [3.05, 3.63) is 29.8 Å². The number of benzene rings is 1. The first kappa shape index (κ1) is 12.2. The maximum Gasteiger partial charge on any atom is 0.573 e. The first-order valence-electron chi connectivity index (χ1n) is 5.49. The van der Waals surface area contributed by atoms with E-state index in [9.17, 15) is 18.3 Å². The Kier molecular flexibility index (Phi) is 3.28. The van der Waals surface area contributed by atoms with Crippen molar-refractivity contribution in [2.45, 2.75) is 31.7 Å². The van der Waals surface area contributed by atoms with Crippen LogP contribution in [0.4, 0.5) is 13.2 Å². The molecule has 1 N–H and O–H groups in total. The number of alkyl halides is 3. The van der Waals surface area contributed by atoms with E-state index in [1.807, 2.05) is 0 Å². The minimum atomic E-state index is -4.67. The van der Waals surface area contributed by atoms with E-state index >= 15 is 0 Å². The van der Waals surface area contributed by atoms with Crippen LogP contribution in [0.25, 0.3) is 0 Å². The predicted molar refractivity (Wildman–Crippen MR) is 55.4 cm³/mol. The Balaban J connectivity index is 2.02. The summed E-state index contributed by atoms with van der Waals surface area (Å²) in [6.07, 6.45) is -2.20. The normalized spacial score (nSPS) is 18.6. The second-order valence-corrected chi connectivity index (χ2v) is 4.25. The van der Waals surface area contributed by atoms with E-state index in [1.54, 1.807) is 0 Å². The van der Waals surface area contributed by atoms with Gasteiger partial charge in [-0.3, -0.25) is 0 Å². The van der Waals surface area contributed by atoms with E-state index in [0.29, 0.717) is 5.56 Å². The van der Waals surface area contributed by atoms with Gasteiger partial charge in [-0.1, -0.05) is 18.6 Å². The van der Waals surface area contributed by atoms with Crippen molar-refractivity contribution in [3.8, 4) is 5.75 Å². The fraction of sp³-hybridized carbons (Fsp3) is 0.500. The molecule has 1 unspecified atom stereocenters. The van der Waals surface area contributed by atoms with Crippen LogP contribution in [0.15, 0.2) is 24.3 Å². The minimum absolute atomic E-state index is 0.240. The molecule has 1 aromatic carbocycles. The Morgan fingerprint density at radius 2 is 1.76 bits per heavy atom. The highest BCUT2D eigenvalue weighted by Gasteiger charge is 2.31. The number of rotatable bonds is 3. The monoisotopic (exact) mass is 246 g/mol. The van der Waals surface area contributed by atoms with Crippen molar-refractivity contribution in [2.75, 3.05) is 0 Å². The van der Waals surface area contributed by atoms with Gasteiger partial charge in [-0.05, 0) is 36.5 Å². The molecule has 0 radical (unpaired) electrons. The van der Waals surface area contributed by atoms with Gasteiger partial charge in [0.05, 0.1) is 6.10 Å². The Hall–Kier alpha value is -1.23. The summed E-state index contributed by atoms with van der Waals surface area (Å²) in [6, 6.07) is 5.41. The Bertz CT molecular complexity index is 368. The van der Waals surface area contributed by atoms with E-state index in [1.165, 1.54) is 24.3 Å². The molecule has 1 aromatic rings. The highest BCUT2D eigenvalue weighted by atomic mass is 19.4. The SMILES string of the molecule is OC(c1ccc(OC(F)(F)F)cc1)C1CCC1. The van der Waals surface area contributed by atoms with Crippen molar-refractivity contribution >= 4 is 0 Å². The second-order valence-electron chi connectivity index (χ2n) is 4.25. The standard InChI is InChI=1S/C12H13F3O2/c13-12(14,15)17-10-6-4-9(5-7-10)11(16)8-2-1-3-8/h4-8,11,16H,1-3H2. The van der Waals surface area contributed by atoms with Gasteiger partial charge in [0.25, 0.3) is 0 Å². The van der Waals surface area contributed by atoms with Crippen LogP contribution in [0.3, 0.4) is 0 Å². The molecule has 94 valence electrons. The van der Waals surface area contributed by atoms with Crippen molar-refractivity contribution in [2.24, 2.45) is 5.92 Å². The maximum atomic E-state index is 11.9. The summed E-state index contributed by atoms with van der Waals surface area (Å²) in [5, 5.41) is 9.90. The third-order valence-corrected chi connectivity index (χ3v) is 3.05. The smallest absolute Gasteiger partial charge is 0.406 e. The van der Waals surface area contributed by atoms with E-state index < -0.39 is 12.5 Å². The summed E-state index contributed by atoms with van der Waals surface area (Å²) in [6.45, 7) is 0. The van der Waals surface area contributed by atoms with Crippen LogP contribution in [0.1, 0.15) is 30.9 Å². The molecule has 1 saturated carbocycles. The number of ether oxygens (including phenoxy) is 1. The Labute approximate surface area is 97.0 Å². The van der Waals surface area contributed by atoms with Gasteiger partial charge < -0.3 is 9.84 Å². The topological polar surface area (TPSA) is 29.5 Å². The first-order chi connectivity index (χ1) is 7.96. The molecular weight excluding hydrogens is 233 g/mol. The molecule has 0 heterocycles. The zero-order valence-electron chi connectivity index (χ0n) is 9.07. The van der Waals surface area contributed by atoms with Crippen LogP contribution in [-0.4, -0.2) is 11.5 Å². The molecule has 0 amide bonds. The molecule has 2 nitrogen and oxygen atoms in total. The first-order valence-corrected chi connectivity index (χ1v) is 5.49. The third kappa shape index (κ3) is 3.12. The summed E-state index contributed by atoms with van der Waals surface area (Å²) >= 11 is 0. The summed E-state index contributed by atoms with van der Waals surface area (Å²) in [4.78, 5) is 0. The predicted octanol–water partition coefficient (Wildman–Crippen LogP) is 3.42. The van der Waals surface area contributed by atoms with Crippen molar-refractivity contribution < 1.29 is 23.0 Å². The van der Waals surface area contributed by atoms with Crippen LogP contribution < -0.4 is 4.74 Å². The van der Waals surface area contributed by atoms with Crippen LogP contribution >= 0.6 is 0 Å². The second kappa shape index (κ2) is 4.56. The molecular formula is C12H13F3O2. The summed E-state index contributed by atoms with van der Waals surface area (Å²) in [5.41, 5.74) is 0.643.